The summed E-state index contributed by atoms with van der Waals surface area (Å²) in [4.78, 5) is 26.4. The number of rotatable bonds is 7. The number of ether oxygens (including phenoxy) is 1. The van der Waals surface area contributed by atoms with Gasteiger partial charge in [0.05, 0.1) is 18.5 Å². The highest BCUT2D eigenvalue weighted by Gasteiger charge is 2.21. The summed E-state index contributed by atoms with van der Waals surface area (Å²) in [6.07, 6.45) is 1.84. The highest BCUT2D eigenvalue weighted by molar-refractivity contribution is 5.89. The minimum atomic E-state index is -0.888. The molecular weight excluding hydrogens is 274 g/mol. The number of carboxylic acid groups (broad SMARTS) is 1. The second-order valence-electron chi connectivity index (χ2n) is 5.17. The Bertz CT molecular complexity index is 485. The Hall–Kier alpha value is -2.31. The Morgan fingerprint density at radius 1 is 1.38 bits per heavy atom. The number of amides is 2. The number of carbonyl (C=O) groups excluding carboxylic acids is 1. The van der Waals surface area contributed by atoms with Crippen molar-refractivity contribution in [1.82, 2.24) is 10.3 Å². The van der Waals surface area contributed by atoms with E-state index in [1.54, 1.807) is 26.0 Å². The van der Waals surface area contributed by atoms with Crippen molar-refractivity contribution in [2.75, 3.05) is 11.9 Å². The van der Waals surface area contributed by atoms with Gasteiger partial charge in [0.15, 0.2) is 0 Å². The van der Waals surface area contributed by atoms with Crippen molar-refractivity contribution in [3.63, 3.8) is 0 Å². The zero-order valence-electron chi connectivity index (χ0n) is 12.5. The van der Waals surface area contributed by atoms with Crippen molar-refractivity contribution >= 4 is 17.7 Å². The van der Waals surface area contributed by atoms with Crippen LogP contribution in [0.2, 0.25) is 0 Å². The first-order valence-corrected chi connectivity index (χ1v) is 6.72. The SMILES string of the molecule is CCOc1ccc(NC(=O)NC(C)(C)CCC(=O)O)cn1. The predicted octanol–water partition coefficient (Wildman–Crippen LogP) is 2.25. The van der Waals surface area contributed by atoms with E-state index in [0.717, 1.165) is 0 Å². The normalized spacial score (nSPS) is 10.8. The number of carbonyl (C=O) groups is 2. The molecule has 7 nitrogen and oxygen atoms in total. The molecule has 0 aromatic carbocycles. The molecule has 0 fully saturated rings. The summed E-state index contributed by atoms with van der Waals surface area (Å²) >= 11 is 0. The second kappa shape index (κ2) is 7.47. The summed E-state index contributed by atoms with van der Waals surface area (Å²) in [5.74, 6) is -0.397. The number of aliphatic carboxylic acids is 1. The Kier molecular flexibility index (Phi) is 5.95. The lowest BCUT2D eigenvalue weighted by atomic mass is 9.99. The zero-order chi connectivity index (χ0) is 15.9. The molecule has 0 radical (unpaired) electrons. The molecule has 0 bridgehead atoms. The highest BCUT2D eigenvalue weighted by atomic mass is 16.5. The standard InChI is InChI=1S/C14H21N3O4/c1-4-21-11-6-5-10(9-15-11)16-13(20)17-14(2,3)8-7-12(18)19/h5-6,9H,4,7-8H2,1-3H3,(H,18,19)(H2,16,17,20). The van der Waals surface area contributed by atoms with Gasteiger partial charge in [-0.3, -0.25) is 4.79 Å². The van der Waals surface area contributed by atoms with Gasteiger partial charge in [-0.1, -0.05) is 0 Å². The molecule has 116 valence electrons. The van der Waals surface area contributed by atoms with E-state index >= 15 is 0 Å². The Morgan fingerprint density at radius 3 is 2.62 bits per heavy atom. The summed E-state index contributed by atoms with van der Waals surface area (Å²) in [5, 5.41) is 14.0. The predicted molar refractivity (Wildman–Crippen MR) is 78.5 cm³/mol. The maximum atomic E-state index is 11.9. The van der Waals surface area contributed by atoms with Crippen molar-refractivity contribution in [3.8, 4) is 5.88 Å². The lowest BCUT2D eigenvalue weighted by Crippen LogP contribution is -2.45. The van der Waals surface area contributed by atoms with Crippen LogP contribution in [0.3, 0.4) is 0 Å². The van der Waals surface area contributed by atoms with Gasteiger partial charge in [-0.05, 0) is 33.3 Å². The molecule has 0 unspecified atom stereocenters. The average Bonchev–Trinajstić information content (AvgIpc) is 2.38. The summed E-state index contributed by atoms with van der Waals surface area (Å²) in [6, 6.07) is 2.94. The van der Waals surface area contributed by atoms with Crippen LogP contribution in [0.5, 0.6) is 5.88 Å². The summed E-state index contributed by atoms with van der Waals surface area (Å²) in [5.41, 5.74) is -0.0776. The number of nitrogens with zero attached hydrogens (tertiary/aromatic N) is 1. The van der Waals surface area contributed by atoms with Crippen LogP contribution in [0.4, 0.5) is 10.5 Å². The van der Waals surface area contributed by atoms with E-state index in [4.69, 9.17) is 9.84 Å². The number of urea groups is 1. The van der Waals surface area contributed by atoms with E-state index in [1.807, 2.05) is 6.92 Å². The van der Waals surface area contributed by atoms with Gasteiger partial charge in [-0.25, -0.2) is 9.78 Å². The number of hydrogen-bond acceptors (Lipinski definition) is 4. The third kappa shape index (κ3) is 6.60. The maximum absolute atomic E-state index is 11.9. The van der Waals surface area contributed by atoms with E-state index in [1.165, 1.54) is 6.20 Å². The van der Waals surface area contributed by atoms with Crippen LogP contribution in [0.15, 0.2) is 18.3 Å². The van der Waals surface area contributed by atoms with E-state index in [2.05, 4.69) is 15.6 Å². The fourth-order valence-corrected chi connectivity index (χ4v) is 1.64. The molecule has 0 saturated heterocycles. The molecule has 0 saturated carbocycles. The van der Waals surface area contributed by atoms with Crippen molar-refractivity contribution in [3.05, 3.63) is 18.3 Å². The number of anilines is 1. The van der Waals surface area contributed by atoms with Crippen LogP contribution in [-0.2, 0) is 4.79 Å². The first-order valence-electron chi connectivity index (χ1n) is 6.72. The highest BCUT2D eigenvalue weighted by Crippen LogP contribution is 2.14. The number of pyridine rings is 1. The summed E-state index contributed by atoms with van der Waals surface area (Å²) in [7, 11) is 0. The maximum Gasteiger partial charge on any atom is 0.319 e. The van der Waals surface area contributed by atoms with Crippen molar-refractivity contribution in [1.29, 1.82) is 0 Å². The number of aromatic nitrogens is 1. The van der Waals surface area contributed by atoms with E-state index < -0.39 is 17.5 Å². The molecule has 1 aromatic heterocycles. The Labute approximate surface area is 123 Å². The quantitative estimate of drug-likeness (QED) is 0.716. The topological polar surface area (TPSA) is 101 Å². The third-order valence-electron chi connectivity index (χ3n) is 2.70. The number of carboxylic acids is 1. The minimum Gasteiger partial charge on any atom is -0.481 e. The smallest absolute Gasteiger partial charge is 0.319 e. The lowest BCUT2D eigenvalue weighted by molar-refractivity contribution is -0.137. The average molecular weight is 295 g/mol. The first kappa shape index (κ1) is 16.7. The van der Waals surface area contributed by atoms with Crippen LogP contribution in [0.25, 0.3) is 0 Å². The largest absolute Gasteiger partial charge is 0.481 e. The summed E-state index contributed by atoms with van der Waals surface area (Å²) in [6.45, 7) is 5.93. The van der Waals surface area contributed by atoms with Crippen molar-refractivity contribution in [2.24, 2.45) is 0 Å². The Balaban J connectivity index is 2.50. The van der Waals surface area contributed by atoms with E-state index in [9.17, 15) is 9.59 Å². The molecule has 1 aromatic rings. The molecule has 0 atom stereocenters. The number of nitrogens with one attached hydrogen (secondary N) is 2. The van der Waals surface area contributed by atoms with E-state index in [0.29, 0.717) is 24.6 Å². The molecule has 3 N–H and O–H groups in total. The molecular formula is C14H21N3O4. The van der Waals surface area contributed by atoms with Gasteiger partial charge in [-0.15, -0.1) is 0 Å². The van der Waals surface area contributed by atoms with E-state index in [-0.39, 0.29) is 6.42 Å². The molecule has 0 spiro atoms. The molecule has 2 amide bonds. The van der Waals surface area contributed by atoms with Crippen LogP contribution >= 0.6 is 0 Å². The van der Waals surface area contributed by atoms with Crippen LogP contribution in [0.1, 0.15) is 33.6 Å². The molecule has 21 heavy (non-hydrogen) atoms. The monoisotopic (exact) mass is 295 g/mol. The lowest BCUT2D eigenvalue weighted by Gasteiger charge is -2.25. The number of hydrogen-bond donors (Lipinski definition) is 3. The molecule has 0 aliphatic heterocycles. The van der Waals surface area contributed by atoms with Crippen molar-refractivity contribution in [2.45, 2.75) is 39.2 Å². The molecule has 0 aliphatic rings. The molecule has 0 aliphatic carbocycles. The third-order valence-corrected chi connectivity index (χ3v) is 2.70. The van der Waals surface area contributed by atoms with Crippen LogP contribution in [-0.4, -0.2) is 34.2 Å². The fraction of sp³-hybridized carbons (Fsp3) is 0.500. The van der Waals surface area contributed by atoms with Gasteiger partial charge >= 0.3 is 12.0 Å². The van der Waals surface area contributed by atoms with Gasteiger partial charge < -0.3 is 20.5 Å². The van der Waals surface area contributed by atoms with Gasteiger partial charge in [0.1, 0.15) is 0 Å². The molecule has 1 rings (SSSR count). The molecule has 1 heterocycles. The van der Waals surface area contributed by atoms with Gasteiger partial charge in [0, 0.05) is 18.0 Å². The van der Waals surface area contributed by atoms with Gasteiger partial charge in [0.2, 0.25) is 5.88 Å². The van der Waals surface area contributed by atoms with Gasteiger partial charge in [0.25, 0.3) is 0 Å². The first-order chi connectivity index (χ1) is 9.82. The second-order valence-corrected chi connectivity index (χ2v) is 5.17. The molecule has 7 heteroatoms. The minimum absolute atomic E-state index is 0.00209. The van der Waals surface area contributed by atoms with Crippen LogP contribution < -0.4 is 15.4 Å². The Morgan fingerprint density at radius 2 is 2.10 bits per heavy atom. The van der Waals surface area contributed by atoms with Crippen LogP contribution in [0, 0.1) is 0 Å². The fourth-order valence-electron chi connectivity index (χ4n) is 1.64. The zero-order valence-corrected chi connectivity index (χ0v) is 12.5. The van der Waals surface area contributed by atoms with Crippen molar-refractivity contribution < 1.29 is 19.4 Å². The summed E-state index contributed by atoms with van der Waals surface area (Å²) < 4.78 is 5.21. The van der Waals surface area contributed by atoms with Gasteiger partial charge in [-0.2, -0.15) is 0 Å².